The first-order valence-electron chi connectivity index (χ1n) is 8.53. The number of aliphatic hydroxyl groups is 1. The van der Waals surface area contributed by atoms with E-state index in [2.05, 4.69) is 20.3 Å². The minimum Gasteiger partial charge on any atom is -0.396 e. The highest BCUT2D eigenvalue weighted by atomic mass is 16.5. The number of rotatable bonds is 6. The lowest BCUT2D eigenvalue weighted by Crippen LogP contribution is -2.23. The fourth-order valence-corrected chi connectivity index (χ4v) is 3.04. The molecule has 9 heteroatoms. The molecule has 9 nitrogen and oxygen atoms in total. The molecule has 1 N–H and O–H groups in total. The van der Waals surface area contributed by atoms with Gasteiger partial charge in [-0.1, -0.05) is 30.3 Å². The second-order valence-electron chi connectivity index (χ2n) is 6.05. The fourth-order valence-electron chi connectivity index (χ4n) is 3.04. The molecule has 0 aliphatic heterocycles. The predicted molar refractivity (Wildman–Crippen MR) is 98.2 cm³/mol. The number of nitrogens with zero attached hydrogens (tertiary/aromatic N) is 6. The van der Waals surface area contributed by atoms with Crippen molar-refractivity contribution < 1.29 is 9.84 Å². The van der Waals surface area contributed by atoms with E-state index in [1.165, 1.54) is 15.4 Å². The molecule has 0 fully saturated rings. The highest BCUT2D eigenvalue weighted by Crippen LogP contribution is 2.28. The third-order valence-corrected chi connectivity index (χ3v) is 4.27. The first kappa shape index (κ1) is 17.3. The average molecular weight is 366 g/mol. The van der Waals surface area contributed by atoms with Crippen molar-refractivity contribution in [1.29, 1.82) is 0 Å². The van der Waals surface area contributed by atoms with Gasteiger partial charge in [0.05, 0.1) is 17.9 Å². The second-order valence-corrected chi connectivity index (χ2v) is 6.05. The Labute approximate surface area is 153 Å². The molecule has 4 rings (SSSR count). The van der Waals surface area contributed by atoms with Gasteiger partial charge in [-0.3, -0.25) is 9.36 Å². The summed E-state index contributed by atoms with van der Waals surface area (Å²) >= 11 is 0. The van der Waals surface area contributed by atoms with Crippen LogP contribution in [0.15, 0.2) is 41.5 Å². The Morgan fingerprint density at radius 2 is 1.96 bits per heavy atom. The summed E-state index contributed by atoms with van der Waals surface area (Å²) in [4.78, 5) is 17.0. The third kappa shape index (κ3) is 2.96. The van der Waals surface area contributed by atoms with Crippen LogP contribution in [0.1, 0.15) is 12.1 Å². The molecule has 3 aromatic heterocycles. The number of methoxy groups -OCH3 is 1. The smallest absolute Gasteiger partial charge is 0.283 e. The number of aromatic nitrogens is 6. The Bertz CT molecular complexity index is 1150. The Morgan fingerprint density at radius 3 is 2.70 bits per heavy atom. The van der Waals surface area contributed by atoms with Crippen LogP contribution in [0, 0.1) is 0 Å². The summed E-state index contributed by atoms with van der Waals surface area (Å²) < 4.78 is 8.24. The van der Waals surface area contributed by atoms with Gasteiger partial charge >= 0.3 is 0 Å². The maximum absolute atomic E-state index is 12.6. The lowest BCUT2D eigenvalue weighted by molar-refractivity contribution is 0.181. The number of benzene rings is 1. The number of aliphatic hydroxyl groups excluding tert-OH is 1. The van der Waals surface area contributed by atoms with Crippen LogP contribution in [0.25, 0.3) is 27.9 Å². The molecular formula is C18H18N6O3. The number of fused-ring (bicyclic) bond motifs is 3. The van der Waals surface area contributed by atoms with E-state index in [4.69, 9.17) is 9.84 Å². The summed E-state index contributed by atoms with van der Waals surface area (Å²) in [5.41, 5.74) is 3.10. The summed E-state index contributed by atoms with van der Waals surface area (Å²) in [7, 11) is 1.60. The Balaban J connectivity index is 1.98. The topological polar surface area (TPSA) is 107 Å². The van der Waals surface area contributed by atoms with Crippen molar-refractivity contribution in [3.63, 3.8) is 0 Å². The highest BCUT2D eigenvalue weighted by Gasteiger charge is 2.20. The summed E-state index contributed by atoms with van der Waals surface area (Å²) in [5, 5.41) is 21.9. The van der Waals surface area contributed by atoms with E-state index in [-0.39, 0.29) is 17.7 Å². The zero-order valence-corrected chi connectivity index (χ0v) is 14.7. The summed E-state index contributed by atoms with van der Waals surface area (Å²) in [6.45, 7) is 0.652. The van der Waals surface area contributed by atoms with Gasteiger partial charge in [-0.25, -0.2) is 4.98 Å². The van der Waals surface area contributed by atoms with E-state index < -0.39 is 0 Å². The number of hydrogen-bond acceptors (Lipinski definition) is 7. The largest absolute Gasteiger partial charge is 0.396 e. The quantitative estimate of drug-likeness (QED) is 0.543. The summed E-state index contributed by atoms with van der Waals surface area (Å²) in [5.74, 6) is 0. The van der Waals surface area contributed by atoms with Crippen LogP contribution < -0.4 is 5.56 Å². The summed E-state index contributed by atoms with van der Waals surface area (Å²) in [6.07, 6.45) is 1.90. The fraction of sp³-hybridized carbons (Fsp3) is 0.278. The monoisotopic (exact) mass is 366 g/mol. The molecule has 0 unspecified atom stereocenters. The molecule has 138 valence electrons. The lowest BCUT2D eigenvalue weighted by atomic mass is 10.1. The molecule has 27 heavy (non-hydrogen) atoms. The average Bonchev–Trinajstić information content (AvgIpc) is 3.07. The lowest BCUT2D eigenvalue weighted by Gasteiger charge is -2.05. The number of ether oxygens (including phenoxy) is 1. The van der Waals surface area contributed by atoms with Gasteiger partial charge in [0.15, 0.2) is 16.8 Å². The van der Waals surface area contributed by atoms with Gasteiger partial charge in [-0.15, -0.1) is 10.2 Å². The number of hydrogen-bond donors (Lipinski definition) is 1. The predicted octanol–water partition coefficient (Wildman–Crippen LogP) is 1.03. The molecule has 0 radical (unpaired) electrons. The third-order valence-electron chi connectivity index (χ3n) is 4.27. The Hall–Kier alpha value is -3.17. The van der Waals surface area contributed by atoms with Gasteiger partial charge in [0, 0.05) is 20.3 Å². The summed E-state index contributed by atoms with van der Waals surface area (Å²) in [6, 6.07) is 9.72. The number of aryl methyl sites for hydroxylation is 1. The Kier molecular flexibility index (Phi) is 4.61. The molecule has 0 amide bonds. The van der Waals surface area contributed by atoms with Crippen LogP contribution in [-0.4, -0.2) is 48.2 Å². The van der Waals surface area contributed by atoms with Crippen LogP contribution in [-0.2, 0) is 17.9 Å². The van der Waals surface area contributed by atoms with Crippen LogP contribution in [0.2, 0.25) is 0 Å². The van der Waals surface area contributed by atoms with Crippen LogP contribution >= 0.6 is 0 Å². The van der Waals surface area contributed by atoms with Gasteiger partial charge in [0.1, 0.15) is 6.33 Å². The maximum atomic E-state index is 12.6. The van der Waals surface area contributed by atoms with E-state index in [0.29, 0.717) is 36.6 Å². The molecule has 0 atom stereocenters. The van der Waals surface area contributed by atoms with Gasteiger partial charge in [0.25, 0.3) is 5.56 Å². The van der Waals surface area contributed by atoms with E-state index in [0.717, 1.165) is 11.1 Å². The van der Waals surface area contributed by atoms with Crippen molar-refractivity contribution in [2.24, 2.45) is 0 Å². The normalized spacial score (nSPS) is 11.5. The highest BCUT2D eigenvalue weighted by molar-refractivity contribution is 5.83. The molecule has 0 aliphatic carbocycles. The minimum atomic E-state index is -0.312. The van der Waals surface area contributed by atoms with Crippen LogP contribution in [0.3, 0.4) is 0 Å². The zero-order chi connectivity index (χ0) is 18.8. The van der Waals surface area contributed by atoms with Crippen LogP contribution in [0.5, 0.6) is 0 Å². The van der Waals surface area contributed by atoms with Crippen molar-refractivity contribution in [3.05, 3.63) is 52.7 Å². The second kappa shape index (κ2) is 7.22. The van der Waals surface area contributed by atoms with Gasteiger partial charge in [0.2, 0.25) is 0 Å². The molecule has 0 aliphatic rings. The minimum absolute atomic E-state index is 0.00480. The van der Waals surface area contributed by atoms with Gasteiger partial charge < -0.3 is 9.84 Å². The molecule has 4 aromatic rings. The van der Waals surface area contributed by atoms with Crippen LogP contribution in [0.4, 0.5) is 0 Å². The van der Waals surface area contributed by atoms with E-state index >= 15 is 0 Å². The molecule has 0 bridgehead atoms. The van der Waals surface area contributed by atoms with Crippen molar-refractivity contribution in [2.45, 2.75) is 19.6 Å². The SMILES string of the molecule is COCc1nn2c(nnc3c(=O)n(CCCO)cnc32)c1-c1ccccc1. The maximum Gasteiger partial charge on any atom is 0.283 e. The van der Waals surface area contributed by atoms with Gasteiger partial charge in [-0.2, -0.15) is 9.61 Å². The molecular weight excluding hydrogens is 348 g/mol. The van der Waals surface area contributed by atoms with E-state index in [9.17, 15) is 4.79 Å². The Morgan fingerprint density at radius 1 is 1.15 bits per heavy atom. The molecule has 0 spiro atoms. The van der Waals surface area contributed by atoms with Crippen molar-refractivity contribution in [1.82, 2.24) is 29.4 Å². The molecule has 0 saturated carbocycles. The van der Waals surface area contributed by atoms with E-state index in [1.54, 1.807) is 7.11 Å². The standard InChI is InChI=1S/C18H18N6O3/c1-27-10-13-14(12-6-3-2-4-7-12)16-21-20-15-17(24(16)22-13)19-11-23(18(15)26)8-5-9-25/h2-4,6-7,11,25H,5,8-10H2,1H3. The zero-order valence-electron chi connectivity index (χ0n) is 14.7. The molecule has 1 aromatic carbocycles. The van der Waals surface area contributed by atoms with Gasteiger partial charge in [-0.05, 0) is 12.0 Å². The molecule has 3 heterocycles. The first-order chi connectivity index (χ1) is 13.2. The van der Waals surface area contributed by atoms with Crippen molar-refractivity contribution >= 4 is 16.8 Å². The first-order valence-corrected chi connectivity index (χ1v) is 8.53. The van der Waals surface area contributed by atoms with Crippen molar-refractivity contribution in [2.75, 3.05) is 13.7 Å². The van der Waals surface area contributed by atoms with E-state index in [1.807, 2.05) is 30.3 Å². The molecule has 0 saturated heterocycles. The van der Waals surface area contributed by atoms with Crippen molar-refractivity contribution in [3.8, 4) is 11.1 Å².